The third-order valence-corrected chi connectivity index (χ3v) is 4.61. The van der Waals surface area contributed by atoms with Crippen LogP contribution in [0.2, 0.25) is 0 Å². The normalized spacial score (nSPS) is 11.8. The monoisotopic (exact) mass is 347 g/mol. The number of hydrogen-bond donors (Lipinski definition) is 0. The van der Waals surface area contributed by atoms with Crippen molar-refractivity contribution >= 4 is 17.5 Å². The third kappa shape index (κ3) is 3.79. The summed E-state index contributed by atoms with van der Waals surface area (Å²) in [4.78, 5) is 12.7. The topological polar surface area (TPSA) is 66.2 Å². The summed E-state index contributed by atoms with van der Waals surface area (Å²) >= 11 is 1.38. The van der Waals surface area contributed by atoms with Crippen molar-refractivity contribution in [3.05, 3.63) is 42.2 Å². The van der Waals surface area contributed by atoms with Crippen molar-refractivity contribution in [1.29, 1.82) is 0 Å². The second kappa shape index (κ2) is 8.01. The van der Waals surface area contributed by atoms with Crippen molar-refractivity contribution < 1.29 is 14.3 Å². The van der Waals surface area contributed by atoms with E-state index in [1.54, 1.807) is 38.5 Å². The molecular weight excluding hydrogens is 326 g/mol. The maximum atomic E-state index is 12.7. The van der Waals surface area contributed by atoms with Crippen molar-refractivity contribution in [2.75, 3.05) is 14.2 Å². The van der Waals surface area contributed by atoms with E-state index in [0.29, 0.717) is 28.8 Å². The minimum atomic E-state index is -0.310. The van der Waals surface area contributed by atoms with E-state index in [-0.39, 0.29) is 11.0 Å². The highest BCUT2D eigenvalue weighted by Gasteiger charge is 2.21. The van der Waals surface area contributed by atoms with Crippen LogP contribution in [0.4, 0.5) is 0 Å². The number of benzene rings is 1. The average Bonchev–Trinajstić information content (AvgIpc) is 2.94. The number of carbonyl (C=O) groups is 1. The Morgan fingerprint density at radius 3 is 2.67 bits per heavy atom. The lowest BCUT2D eigenvalue weighted by Crippen LogP contribution is -2.15. The highest BCUT2D eigenvalue weighted by Crippen LogP contribution is 2.30. The molecule has 7 heteroatoms. The Morgan fingerprint density at radius 1 is 1.33 bits per heavy atom. The molecule has 0 amide bonds. The van der Waals surface area contributed by atoms with Gasteiger partial charge in [0.25, 0.3) is 0 Å². The van der Waals surface area contributed by atoms with Gasteiger partial charge >= 0.3 is 0 Å². The van der Waals surface area contributed by atoms with Crippen LogP contribution >= 0.6 is 11.8 Å². The standard InChI is InChI=1S/C17H21N3O3S/c1-6-9-20-12(3)18-19-17(20)24-11(2)16(21)13-7-8-14(22-4)15(10-13)23-5/h6-8,10-11H,1,9H2,2-5H3/t11-/m0/s1. The Kier molecular flexibility index (Phi) is 6.03. The zero-order valence-corrected chi connectivity index (χ0v) is 15.1. The Morgan fingerprint density at radius 2 is 2.04 bits per heavy atom. The molecule has 2 aromatic rings. The molecule has 0 radical (unpaired) electrons. The van der Waals surface area contributed by atoms with Crippen LogP contribution in [-0.2, 0) is 6.54 Å². The minimum absolute atomic E-state index is 0.00763. The van der Waals surface area contributed by atoms with Gasteiger partial charge in [-0.15, -0.1) is 16.8 Å². The van der Waals surface area contributed by atoms with Gasteiger partial charge in [0.05, 0.1) is 19.5 Å². The molecule has 0 aliphatic carbocycles. The summed E-state index contributed by atoms with van der Waals surface area (Å²) in [5, 5.41) is 8.60. The third-order valence-electron chi connectivity index (χ3n) is 3.53. The van der Waals surface area contributed by atoms with E-state index in [0.717, 1.165) is 5.82 Å². The van der Waals surface area contributed by atoms with Gasteiger partial charge in [-0.3, -0.25) is 4.79 Å². The number of aromatic nitrogens is 3. The summed E-state index contributed by atoms with van der Waals surface area (Å²) in [5.41, 5.74) is 0.569. The Labute approximate surface area is 145 Å². The number of ether oxygens (including phenoxy) is 2. The maximum Gasteiger partial charge on any atom is 0.192 e. The van der Waals surface area contributed by atoms with E-state index < -0.39 is 0 Å². The van der Waals surface area contributed by atoms with Crippen molar-refractivity contribution in [3.8, 4) is 11.5 Å². The quantitative estimate of drug-likeness (QED) is 0.415. The maximum absolute atomic E-state index is 12.7. The molecule has 24 heavy (non-hydrogen) atoms. The number of rotatable bonds is 8. The summed E-state index contributed by atoms with van der Waals surface area (Å²) in [6.45, 7) is 8.08. The first-order chi connectivity index (χ1) is 11.5. The van der Waals surface area contributed by atoms with Crippen LogP contribution in [0.1, 0.15) is 23.1 Å². The van der Waals surface area contributed by atoms with Crippen LogP contribution in [0.3, 0.4) is 0 Å². The SMILES string of the molecule is C=CCn1c(C)nnc1S[C@@H](C)C(=O)c1ccc(OC)c(OC)c1. The molecule has 1 aromatic carbocycles. The van der Waals surface area contributed by atoms with Gasteiger partial charge in [0.1, 0.15) is 5.82 Å². The molecule has 0 aliphatic rings. The predicted octanol–water partition coefficient (Wildman–Crippen LogP) is 3.15. The summed E-state index contributed by atoms with van der Waals surface area (Å²) in [6.07, 6.45) is 1.78. The number of hydrogen-bond acceptors (Lipinski definition) is 6. The fraction of sp³-hybridized carbons (Fsp3) is 0.353. The summed E-state index contributed by atoms with van der Waals surface area (Å²) < 4.78 is 12.4. The summed E-state index contributed by atoms with van der Waals surface area (Å²) in [5.74, 6) is 1.91. The van der Waals surface area contributed by atoms with Gasteiger partial charge in [-0.1, -0.05) is 17.8 Å². The second-order valence-electron chi connectivity index (χ2n) is 5.12. The van der Waals surface area contributed by atoms with Gasteiger partial charge < -0.3 is 14.0 Å². The molecule has 1 atom stereocenters. The zero-order valence-electron chi connectivity index (χ0n) is 14.3. The van der Waals surface area contributed by atoms with Gasteiger partial charge in [-0.25, -0.2) is 0 Å². The number of allylic oxidation sites excluding steroid dienone is 1. The van der Waals surface area contributed by atoms with Gasteiger partial charge in [-0.2, -0.15) is 0 Å². The lowest BCUT2D eigenvalue weighted by molar-refractivity contribution is 0.0993. The number of methoxy groups -OCH3 is 2. The zero-order chi connectivity index (χ0) is 17.7. The Hall–Kier alpha value is -2.28. The first kappa shape index (κ1) is 18.1. The number of ketones is 1. The van der Waals surface area contributed by atoms with E-state index in [9.17, 15) is 4.79 Å². The molecule has 0 fully saturated rings. The first-order valence-electron chi connectivity index (χ1n) is 7.45. The molecule has 0 saturated heterocycles. The molecular formula is C17H21N3O3S. The number of thioether (sulfide) groups is 1. The molecule has 0 aliphatic heterocycles. The van der Waals surface area contributed by atoms with Crippen LogP contribution < -0.4 is 9.47 Å². The molecule has 0 unspecified atom stereocenters. The molecule has 0 spiro atoms. The lowest BCUT2D eigenvalue weighted by atomic mass is 10.1. The number of nitrogens with zero attached hydrogens (tertiary/aromatic N) is 3. The van der Waals surface area contributed by atoms with E-state index >= 15 is 0 Å². The van der Waals surface area contributed by atoms with E-state index in [1.165, 1.54) is 11.8 Å². The molecule has 2 rings (SSSR count). The van der Waals surface area contributed by atoms with Crippen molar-refractivity contribution in [1.82, 2.24) is 14.8 Å². The fourth-order valence-electron chi connectivity index (χ4n) is 2.22. The fourth-order valence-corrected chi connectivity index (χ4v) is 3.21. The first-order valence-corrected chi connectivity index (χ1v) is 8.33. The van der Waals surface area contributed by atoms with E-state index in [1.807, 2.05) is 18.4 Å². The molecule has 1 heterocycles. The molecule has 0 bridgehead atoms. The highest BCUT2D eigenvalue weighted by atomic mass is 32.2. The van der Waals surface area contributed by atoms with Crippen LogP contribution in [0.25, 0.3) is 0 Å². The van der Waals surface area contributed by atoms with Crippen molar-refractivity contribution in [2.24, 2.45) is 0 Å². The molecule has 6 nitrogen and oxygen atoms in total. The van der Waals surface area contributed by atoms with Gasteiger partial charge in [0.2, 0.25) is 0 Å². The molecule has 1 aromatic heterocycles. The Bertz CT molecular complexity index is 743. The summed E-state index contributed by atoms with van der Waals surface area (Å²) in [7, 11) is 3.11. The minimum Gasteiger partial charge on any atom is -0.493 e. The number of carbonyl (C=O) groups excluding carboxylic acids is 1. The van der Waals surface area contributed by atoms with Crippen molar-refractivity contribution in [2.45, 2.75) is 30.8 Å². The molecule has 128 valence electrons. The number of aryl methyl sites for hydroxylation is 1. The van der Waals surface area contributed by atoms with Crippen LogP contribution in [0, 0.1) is 6.92 Å². The van der Waals surface area contributed by atoms with Gasteiger partial charge in [0, 0.05) is 12.1 Å². The van der Waals surface area contributed by atoms with Gasteiger partial charge in [0.15, 0.2) is 22.4 Å². The highest BCUT2D eigenvalue weighted by molar-refractivity contribution is 8.00. The van der Waals surface area contributed by atoms with Gasteiger partial charge in [-0.05, 0) is 32.0 Å². The number of Topliss-reactive ketones (excluding diaryl/α,β-unsaturated/α-hetero) is 1. The summed E-state index contributed by atoms with van der Waals surface area (Å²) in [6, 6.07) is 5.16. The lowest BCUT2D eigenvalue weighted by Gasteiger charge is -2.13. The van der Waals surface area contributed by atoms with Crippen molar-refractivity contribution in [3.63, 3.8) is 0 Å². The van der Waals surface area contributed by atoms with Crippen LogP contribution in [-0.4, -0.2) is 40.0 Å². The smallest absolute Gasteiger partial charge is 0.192 e. The van der Waals surface area contributed by atoms with E-state index in [4.69, 9.17) is 9.47 Å². The largest absolute Gasteiger partial charge is 0.493 e. The predicted molar refractivity (Wildman–Crippen MR) is 94.2 cm³/mol. The average molecular weight is 347 g/mol. The molecule has 0 saturated carbocycles. The van der Waals surface area contributed by atoms with Crippen LogP contribution in [0.5, 0.6) is 11.5 Å². The van der Waals surface area contributed by atoms with Crippen LogP contribution in [0.15, 0.2) is 36.0 Å². The molecule has 0 N–H and O–H groups in total. The second-order valence-corrected chi connectivity index (χ2v) is 6.43. The Balaban J connectivity index is 2.19. The van der Waals surface area contributed by atoms with E-state index in [2.05, 4.69) is 16.8 Å².